The van der Waals surface area contributed by atoms with E-state index < -0.39 is 18.0 Å². The van der Waals surface area contributed by atoms with Crippen LogP contribution >= 0.6 is 0 Å². The minimum absolute atomic E-state index is 0.198. The summed E-state index contributed by atoms with van der Waals surface area (Å²) in [5.74, 6) is -1.21. The highest BCUT2D eigenvalue weighted by Crippen LogP contribution is 2.12. The average Bonchev–Trinajstić information content (AvgIpc) is 2.82. The number of hydrogen-bond acceptors (Lipinski definition) is 6. The van der Waals surface area contributed by atoms with Crippen LogP contribution < -0.4 is 27.8 Å². The second-order valence-electron chi connectivity index (χ2n) is 8.21. The third-order valence-electron chi connectivity index (χ3n) is 5.37. The van der Waals surface area contributed by atoms with Gasteiger partial charge in [0.15, 0.2) is 0 Å². The number of anilines is 1. The van der Waals surface area contributed by atoms with Crippen LogP contribution in [0, 0.1) is 6.92 Å². The van der Waals surface area contributed by atoms with E-state index in [1.54, 1.807) is 6.07 Å². The van der Waals surface area contributed by atoms with E-state index in [0.29, 0.717) is 31.6 Å². The molecule has 0 aliphatic rings. The number of carbonyl (C=O) groups excluding carboxylic acids is 3. The van der Waals surface area contributed by atoms with E-state index in [0.717, 1.165) is 11.1 Å². The zero-order valence-electron chi connectivity index (χ0n) is 19.7. The number of benzene rings is 2. The summed E-state index contributed by atoms with van der Waals surface area (Å²) in [7, 11) is 0. The molecule has 2 unspecified atom stereocenters. The lowest BCUT2D eigenvalue weighted by Crippen LogP contribution is -2.52. The smallest absolute Gasteiger partial charge is 0.246 e. The lowest BCUT2D eigenvalue weighted by molar-refractivity contribution is -0.134. The highest BCUT2D eigenvalue weighted by Gasteiger charge is 2.26. The molecule has 0 bridgehead atoms. The van der Waals surface area contributed by atoms with Crippen LogP contribution in [-0.4, -0.2) is 60.9 Å². The van der Waals surface area contributed by atoms with Crippen molar-refractivity contribution in [2.24, 2.45) is 17.2 Å². The molecule has 9 heteroatoms. The van der Waals surface area contributed by atoms with Gasteiger partial charge in [-0.25, -0.2) is 0 Å². The van der Waals surface area contributed by atoms with E-state index in [-0.39, 0.29) is 31.3 Å². The molecule has 184 valence electrons. The molecule has 9 nitrogen and oxygen atoms in total. The summed E-state index contributed by atoms with van der Waals surface area (Å²) in [6.45, 7) is 3.17. The zero-order valence-corrected chi connectivity index (χ0v) is 19.7. The fourth-order valence-corrected chi connectivity index (χ4v) is 3.54. The van der Waals surface area contributed by atoms with Gasteiger partial charge >= 0.3 is 0 Å². The minimum Gasteiger partial charge on any atom is -0.343 e. The second-order valence-corrected chi connectivity index (χ2v) is 8.21. The number of amides is 3. The lowest BCUT2D eigenvalue weighted by Gasteiger charge is -2.24. The Labute approximate surface area is 201 Å². The Balaban J connectivity index is 2.06. The third kappa shape index (κ3) is 8.93. The zero-order chi connectivity index (χ0) is 24.9. The van der Waals surface area contributed by atoms with E-state index in [2.05, 4.69) is 10.6 Å². The number of nitrogens with two attached hydrogens (primary N) is 3. The van der Waals surface area contributed by atoms with Crippen LogP contribution in [0.25, 0.3) is 0 Å². The van der Waals surface area contributed by atoms with Crippen molar-refractivity contribution in [2.45, 2.75) is 38.3 Å². The maximum Gasteiger partial charge on any atom is 0.246 e. The fourth-order valence-electron chi connectivity index (χ4n) is 3.54. The van der Waals surface area contributed by atoms with E-state index in [1.807, 2.05) is 55.5 Å². The molecule has 2 aromatic rings. The molecule has 8 N–H and O–H groups in total. The van der Waals surface area contributed by atoms with Gasteiger partial charge in [0.1, 0.15) is 6.04 Å². The molecule has 0 fully saturated rings. The summed E-state index contributed by atoms with van der Waals surface area (Å²) >= 11 is 0. The number of nitrogens with one attached hydrogen (secondary N) is 2. The molecule has 0 aliphatic heterocycles. The van der Waals surface area contributed by atoms with Crippen molar-refractivity contribution in [3.05, 3.63) is 65.7 Å². The van der Waals surface area contributed by atoms with Gasteiger partial charge in [0.05, 0.1) is 12.5 Å². The highest BCUT2D eigenvalue weighted by atomic mass is 16.2. The van der Waals surface area contributed by atoms with E-state index >= 15 is 0 Å². The van der Waals surface area contributed by atoms with Gasteiger partial charge in [-0.3, -0.25) is 14.4 Å². The van der Waals surface area contributed by atoms with Crippen LogP contribution in [0.1, 0.15) is 24.0 Å². The van der Waals surface area contributed by atoms with E-state index in [9.17, 15) is 14.4 Å². The van der Waals surface area contributed by atoms with Gasteiger partial charge in [0, 0.05) is 31.9 Å². The molecule has 2 atom stereocenters. The van der Waals surface area contributed by atoms with Crippen molar-refractivity contribution >= 4 is 23.4 Å². The summed E-state index contributed by atoms with van der Waals surface area (Å²) in [5, 5.41) is 5.59. The van der Waals surface area contributed by atoms with Gasteiger partial charge in [-0.1, -0.05) is 42.5 Å². The molecule has 2 rings (SSSR count). The Morgan fingerprint density at radius 3 is 2.24 bits per heavy atom. The maximum absolute atomic E-state index is 13.0. The molecule has 0 heterocycles. The van der Waals surface area contributed by atoms with Crippen LogP contribution in [0.3, 0.4) is 0 Å². The first kappa shape index (κ1) is 27.0. The Bertz CT molecular complexity index is 931. The molecule has 0 saturated heterocycles. The average molecular weight is 469 g/mol. The van der Waals surface area contributed by atoms with Crippen LogP contribution in [0.2, 0.25) is 0 Å². The van der Waals surface area contributed by atoms with Gasteiger partial charge in [0.25, 0.3) is 0 Å². The lowest BCUT2D eigenvalue weighted by atomic mass is 10.0. The summed E-state index contributed by atoms with van der Waals surface area (Å²) < 4.78 is 0. The molecule has 0 spiro atoms. The number of rotatable bonds is 13. The Hall–Kier alpha value is -3.27. The van der Waals surface area contributed by atoms with Crippen LogP contribution in [0.15, 0.2) is 54.6 Å². The minimum atomic E-state index is -1.10. The van der Waals surface area contributed by atoms with Crippen molar-refractivity contribution in [3.63, 3.8) is 0 Å². The van der Waals surface area contributed by atoms with Crippen molar-refractivity contribution in [1.82, 2.24) is 10.2 Å². The molecule has 0 aliphatic carbocycles. The topological polar surface area (TPSA) is 157 Å². The Morgan fingerprint density at radius 1 is 0.941 bits per heavy atom. The van der Waals surface area contributed by atoms with E-state index in [4.69, 9.17) is 17.2 Å². The normalized spacial score (nSPS) is 12.5. The van der Waals surface area contributed by atoms with Crippen LogP contribution in [-0.2, 0) is 20.8 Å². The summed E-state index contributed by atoms with van der Waals surface area (Å²) in [6.07, 6.45) is 0.763. The van der Waals surface area contributed by atoms with Gasteiger partial charge in [0.2, 0.25) is 17.7 Å². The third-order valence-corrected chi connectivity index (χ3v) is 5.37. The molecule has 2 aromatic carbocycles. The molecule has 0 saturated carbocycles. The molecular weight excluding hydrogens is 432 g/mol. The number of hydrogen-bond donors (Lipinski definition) is 5. The first-order valence-corrected chi connectivity index (χ1v) is 11.5. The predicted octanol–water partition coefficient (Wildman–Crippen LogP) is 0.515. The summed E-state index contributed by atoms with van der Waals surface area (Å²) in [5.41, 5.74) is 19.8. The van der Waals surface area contributed by atoms with Crippen molar-refractivity contribution in [1.29, 1.82) is 0 Å². The van der Waals surface area contributed by atoms with Crippen molar-refractivity contribution in [2.75, 3.05) is 31.5 Å². The molecule has 0 radical (unpaired) electrons. The van der Waals surface area contributed by atoms with Crippen LogP contribution in [0.5, 0.6) is 0 Å². The van der Waals surface area contributed by atoms with Gasteiger partial charge in [-0.2, -0.15) is 0 Å². The number of nitrogens with zero attached hydrogens (tertiary/aromatic N) is 1. The first-order chi connectivity index (χ1) is 16.3. The van der Waals surface area contributed by atoms with Gasteiger partial charge in [-0.05, 0) is 43.0 Å². The summed E-state index contributed by atoms with van der Waals surface area (Å²) in [6, 6.07) is 15.2. The molecule has 34 heavy (non-hydrogen) atoms. The van der Waals surface area contributed by atoms with Crippen molar-refractivity contribution < 1.29 is 14.4 Å². The molecule has 3 amide bonds. The molecule has 0 aromatic heterocycles. The highest BCUT2D eigenvalue weighted by molar-refractivity contribution is 5.98. The number of aryl methyl sites for hydroxylation is 2. The standard InChI is InChI=1S/C25H36N6O3/c1-18-6-5-9-20(16-18)29-25(34)22(11-10-19-7-3-2-4-8-19)30-24(33)21(28)17-23(32)31(14-12-26)15-13-27/h2-9,16,21-22H,10-15,17,26-28H2,1H3,(H,29,34)(H,30,33). The quantitative estimate of drug-likeness (QED) is 0.288. The fraction of sp³-hybridized carbons (Fsp3) is 0.400. The van der Waals surface area contributed by atoms with Gasteiger partial charge < -0.3 is 32.7 Å². The predicted molar refractivity (Wildman–Crippen MR) is 134 cm³/mol. The monoisotopic (exact) mass is 468 g/mol. The number of carbonyl (C=O) groups is 3. The van der Waals surface area contributed by atoms with Crippen LogP contribution in [0.4, 0.5) is 5.69 Å². The largest absolute Gasteiger partial charge is 0.343 e. The summed E-state index contributed by atoms with van der Waals surface area (Å²) in [4.78, 5) is 39.9. The Kier molecular flexibility index (Phi) is 11.2. The second kappa shape index (κ2) is 14.1. The van der Waals surface area contributed by atoms with E-state index in [1.165, 1.54) is 4.90 Å². The Morgan fingerprint density at radius 2 is 1.62 bits per heavy atom. The van der Waals surface area contributed by atoms with Crippen molar-refractivity contribution in [3.8, 4) is 0 Å². The maximum atomic E-state index is 13.0. The molecular formula is C25H36N6O3. The SMILES string of the molecule is Cc1cccc(NC(=O)C(CCc2ccccc2)NC(=O)C(N)CC(=O)N(CCN)CCN)c1. The van der Waals surface area contributed by atoms with Gasteiger partial charge in [-0.15, -0.1) is 0 Å². The first-order valence-electron chi connectivity index (χ1n) is 11.5.